The van der Waals surface area contributed by atoms with E-state index in [0.29, 0.717) is 42.1 Å². The summed E-state index contributed by atoms with van der Waals surface area (Å²) < 4.78 is 17.6. The summed E-state index contributed by atoms with van der Waals surface area (Å²) in [4.78, 5) is 38.1. The summed E-state index contributed by atoms with van der Waals surface area (Å²) in [5.74, 6) is -0.123. The van der Waals surface area contributed by atoms with Gasteiger partial charge in [-0.15, -0.1) is 0 Å². The molecule has 2 aromatic carbocycles. The quantitative estimate of drug-likeness (QED) is 0.294. The van der Waals surface area contributed by atoms with Crippen LogP contribution in [0.5, 0.6) is 11.5 Å². The molecule has 0 aliphatic heterocycles. The molecule has 0 saturated heterocycles. The van der Waals surface area contributed by atoms with Crippen LogP contribution in [0.3, 0.4) is 0 Å². The van der Waals surface area contributed by atoms with Crippen molar-refractivity contribution >= 4 is 17.8 Å². The Hall–Kier alpha value is -4.34. The van der Waals surface area contributed by atoms with Crippen molar-refractivity contribution in [1.29, 1.82) is 0 Å². The Kier molecular flexibility index (Phi) is 11.1. The van der Waals surface area contributed by atoms with Gasteiger partial charge in [0.2, 0.25) is 5.91 Å². The maximum absolute atomic E-state index is 13.5. The van der Waals surface area contributed by atoms with E-state index in [2.05, 4.69) is 34.3 Å². The van der Waals surface area contributed by atoms with E-state index in [-0.39, 0.29) is 18.2 Å². The first-order valence-corrected chi connectivity index (χ1v) is 13.3. The number of aromatic nitrogens is 2. The third-order valence-corrected chi connectivity index (χ3v) is 6.70. The molecule has 0 bridgehead atoms. The first-order chi connectivity index (χ1) is 19.3. The van der Waals surface area contributed by atoms with Gasteiger partial charge in [-0.05, 0) is 42.5 Å². The van der Waals surface area contributed by atoms with Gasteiger partial charge < -0.3 is 24.8 Å². The Bertz CT molecular complexity index is 1270. The zero-order valence-electron chi connectivity index (χ0n) is 23.7. The number of aryl methyl sites for hydroxylation is 1. The molecule has 0 spiro atoms. The Labute approximate surface area is 235 Å². The molecule has 1 aromatic heterocycles. The smallest absolute Gasteiger partial charge is 0.325 e. The van der Waals surface area contributed by atoms with Crippen LogP contribution in [0.4, 0.5) is 0 Å². The second kappa shape index (κ2) is 14.7. The van der Waals surface area contributed by atoms with E-state index in [9.17, 15) is 14.4 Å². The molecule has 40 heavy (non-hydrogen) atoms. The van der Waals surface area contributed by atoms with Gasteiger partial charge in [0.15, 0.2) is 5.69 Å². The zero-order valence-corrected chi connectivity index (χ0v) is 23.7. The summed E-state index contributed by atoms with van der Waals surface area (Å²) in [6.45, 7) is 4.47. The zero-order chi connectivity index (χ0) is 29.1. The van der Waals surface area contributed by atoms with Gasteiger partial charge in [0.1, 0.15) is 24.1 Å². The summed E-state index contributed by atoms with van der Waals surface area (Å²) in [6.07, 6.45) is 1.79. The number of carbonyl (C=O) groups is 3. The minimum atomic E-state index is -0.902. The molecule has 214 valence electrons. The molecule has 0 saturated carbocycles. The average Bonchev–Trinajstić information content (AvgIpc) is 3.40. The first kappa shape index (κ1) is 30.2. The number of rotatable bonds is 14. The Balaban J connectivity index is 1.93. The fourth-order valence-corrected chi connectivity index (χ4v) is 4.21. The van der Waals surface area contributed by atoms with Crippen molar-refractivity contribution in [1.82, 2.24) is 20.4 Å². The molecule has 3 rings (SSSR count). The maximum atomic E-state index is 13.5. The monoisotopic (exact) mass is 550 g/mol. The topological polar surface area (TPSA) is 121 Å². The summed E-state index contributed by atoms with van der Waals surface area (Å²) in [6, 6.07) is 15.9. The number of hydrogen-bond donors (Lipinski definition) is 2. The van der Waals surface area contributed by atoms with Gasteiger partial charge in [0.25, 0.3) is 5.91 Å². The predicted octanol–water partition coefficient (Wildman–Crippen LogP) is 3.63. The molecule has 0 aliphatic carbocycles. The van der Waals surface area contributed by atoms with Gasteiger partial charge in [0, 0.05) is 6.54 Å². The number of methoxy groups -OCH3 is 3. The second-order valence-corrected chi connectivity index (χ2v) is 9.49. The SMILES string of the molecule is CCC(C)Cn1nc(C(=O)N[C@@H](CCc2ccccc2)C(=O)NCC(=O)OC)cc1-c1c(OC)cccc1OC. The Morgan fingerprint density at radius 3 is 2.25 bits per heavy atom. The van der Waals surface area contributed by atoms with Gasteiger partial charge in [-0.3, -0.25) is 19.1 Å². The van der Waals surface area contributed by atoms with Crippen LogP contribution >= 0.6 is 0 Å². The molecule has 1 heterocycles. The number of nitrogens with one attached hydrogen (secondary N) is 2. The number of esters is 1. The molecule has 2 amide bonds. The summed E-state index contributed by atoms with van der Waals surface area (Å²) in [5, 5.41) is 10.00. The lowest BCUT2D eigenvalue weighted by molar-refractivity contribution is -0.141. The third-order valence-electron chi connectivity index (χ3n) is 6.70. The lowest BCUT2D eigenvalue weighted by Gasteiger charge is -2.18. The van der Waals surface area contributed by atoms with Crippen molar-refractivity contribution < 1.29 is 28.6 Å². The van der Waals surface area contributed by atoms with Crippen molar-refractivity contribution in [3.8, 4) is 22.8 Å². The van der Waals surface area contributed by atoms with Crippen LogP contribution in [0, 0.1) is 5.92 Å². The molecule has 0 aliphatic rings. The van der Waals surface area contributed by atoms with Crippen LogP contribution < -0.4 is 20.1 Å². The third kappa shape index (κ3) is 7.84. The molecular formula is C30H38N4O6. The number of nitrogens with zero attached hydrogens (tertiary/aromatic N) is 2. The molecule has 10 heteroatoms. The van der Waals surface area contributed by atoms with Crippen molar-refractivity contribution in [3.63, 3.8) is 0 Å². The summed E-state index contributed by atoms with van der Waals surface area (Å²) >= 11 is 0. The van der Waals surface area contributed by atoms with Crippen LogP contribution in [0.25, 0.3) is 11.3 Å². The number of benzene rings is 2. The number of ether oxygens (including phenoxy) is 3. The van der Waals surface area contributed by atoms with E-state index in [1.807, 2.05) is 48.5 Å². The molecular weight excluding hydrogens is 512 g/mol. The molecule has 10 nitrogen and oxygen atoms in total. The lowest BCUT2D eigenvalue weighted by atomic mass is 10.0. The molecule has 0 fully saturated rings. The summed E-state index contributed by atoms with van der Waals surface area (Å²) in [5.41, 5.74) is 2.51. The number of hydrogen-bond acceptors (Lipinski definition) is 7. The van der Waals surface area contributed by atoms with Crippen LogP contribution in [0.15, 0.2) is 54.6 Å². The Morgan fingerprint density at radius 1 is 0.975 bits per heavy atom. The minimum Gasteiger partial charge on any atom is -0.496 e. The fourth-order valence-electron chi connectivity index (χ4n) is 4.21. The van der Waals surface area contributed by atoms with Gasteiger partial charge in [0.05, 0.1) is 32.6 Å². The van der Waals surface area contributed by atoms with E-state index >= 15 is 0 Å². The Morgan fingerprint density at radius 2 is 1.65 bits per heavy atom. The van der Waals surface area contributed by atoms with Crippen molar-refractivity contribution in [2.45, 2.75) is 45.7 Å². The highest BCUT2D eigenvalue weighted by molar-refractivity contribution is 5.97. The van der Waals surface area contributed by atoms with E-state index in [1.54, 1.807) is 25.0 Å². The van der Waals surface area contributed by atoms with Gasteiger partial charge in [-0.2, -0.15) is 5.10 Å². The fraction of sp³-hybridized carbons (Fsp3) is 0.400. The first-order valence-electron chi connectivity index (χ1n) is 13.3. The largest absolute Gasteiger partial charge is 0.496 e. The highest BCUT2D eigenvalue weighted by Gasteiger charge is 2.26. The minimum absolute atomic E-state index is 0.150. The highest BCUT2D eigenvalue weighted by Crippen LogP contribution is 2.39. The molecule has 2 N–H and O–H groups in total. The molecule has 1 unspecified atom stereocenters. The van der Waals surface area contributed by atoms with Crippen LogP contribution in [0.1, 0.15) is 42.7 Å². The predicted molar refractivity (Wildman–Crippen MR) is 151 cm³/mol. The number of amides is 2. The van der Waals surface area contributed by atoms with E-state index in [4.69, 9.17) is 9.47 Å². The van der Waals surface area contributed by atoms with Crippen LogP contribution in [-0.4, -0.2) is 61.5 Å². The highest BCUT2D eigenvalue weighted by atomic mass is 16.5. The van der Waals surface area contributed by atoms with Crippen molar-refractivity contribution in [2.75, 3.05) is 27.9 Å². The summed E-state index contributed by atoms with van der Waals surface area (Å²) in [7, 11) is 4.39. The second-order valence-electron chi connectivity index (χ2n) is 9.49. The van der Waals surface area contributed by atoms with Gasteiger partial charge in [-0.1, -0.05) is 56.7 Å². The van der Waals surface area contributed by atoms with Crippen molar-refractivity contribution in [3.05, 3.63) is 65.9 Å². The maximum Gasteiger partial charge on any atom is 0.325 e. The van der Waals surface area contributed by atoms with Crippen LogP contribution in [-0.2, 0) is 27.3 Å². The van der Waals surface area contributed by atoms with E-state index < -0.39 is 23.8 Å². The lowest BCUT2D eigenvalue weighted by Crippen LogP contribution is -2.48. The molecule has 2 atom stereocenters. The van der Waals surface area contributed by atoms with Gasteiger partial charge in [-0.25, -0.2) is 0 Å². The molecule has 0 radical (unpaired) electrons. The average molecular weight is 551 g/mol. The van der Waals surface area contributed by atoms with Crippen molar-refractivity contribution in [2.24, 2.45) is 5.92 Å². The standard InChI is InChI=1S/C30H38N4O6/c1-6-20(2)19-34-24(28-25(38-3)13-10-14-26(28)39-4)17-23(33-34)30(37)32-22(29(36)31-18-27(35)40-5)16-15-21-11-8-7-9-12-21/h7-14,17,20,22H,6,15-16,18-19H2,1-5H3,(H,31,36)(H,32,37)/t20?,22-/m0/s1. The normalized spacial score (nSPS) is 12.2. The van der Waals surface area contributed by atoms with E-state index in [0.717, 1.165) is 12.0 Å². The van der Waals surface area contributed by atoms with Crippen LogP contribution in [0.2, 0.25) is 0 Å². The van der Waals surface area contributed by atoms with E-state index in [1.165, 1.54) is 7.11 Å². The number of carbonyl (C=O) groups excluding carboxylic acids is 3. The van der Waals surface area contributed by atoms with Gasteiger partial charge >= 0.3 is 5.97 Å². The molecule has 3 aromatic rings.